The van der Waals surface area contributed by atoms with E-state index in [0.717, 1.165) is 17.8 Å². The number of esters is 1. The molecule has 0 saturated heterocycles. The molecule has 0 aromatic rings. The number of ether oxygens (including phenoxy) is 2. The van der Waals surface area contributed by atoms with Gasteiger partial charge in [0.1, 0.15) is 18.0 Å². The predicted octanol–water partition coefficient (Wildman–Crippen LogP) is 3.21. The van der Waals surface area contributed by atoms with Crippen molar-refractivity contribution in [1.29, 1.82) is 0 Å². The van der Waals surface area contributed by atoms with Gasteiger partial charge in [-0.15, -0.1) is 0 Å². The monoisotopic (exact) mass is 274 g/mol. The van der Waals surface area contributed by atoms with Crippen LogP contribution >= 0.6 is 0 Å². The highest BCUT2D eigenvalue weighted by molar-refractivity contribution is 5.87. The summed E-state index contributed by atoms with van der Waals surface area (Å²) < 4.78 is 11.4. The minimum absolute atomic E-state index is 0.0379. The third kappa shape index (κ3) is 1.29. The van der Waals surface area contributed by atoms with Crippen molar-refractivity contribution in [2.24, 2.45) is 23.2 Å². The highest BCUT2D eigenvalue weighted by atomic mass is 16.6. The minimum atomic E-state index is -0.369. The molecule has 4 saturated carbocycles. The molecule has 5 unspecified atom stereocenters. The van der Waals surface area contributed by atoms with Crippen molar-refractivity contribution in [2.75, 3.05) is 6.61 Å². The Morgan fingerprint density at radius 3 is 2.65 bits per heavy atom. The summed E-state index contributed by atoms with van der Waals surface area (Å²) >= 11 is 0. The summed E-state index contributed by atoms with van der Waals surface area (Å²) in [6.07, 6.45) is 6.57. The van der Waals surface area contributed by atoms with Crippen LogP contribution in [0.2, 0.25) is 0 Å². The van der Waals surface area contributed by atoms with Crippen molar-refractivity contribution in [2.45, 2.75) is 44.6 Å². The van der Waals surface area contributed by atoms with E-state index in [1.54, 1.807) is 6.92 Å². The Hall–Kier alpha value is -1.25. The van der Waals surface area contributed by atoms with Crippen LogP contribution in [0.5, 0.6) is 0 Å². The van der Waals surface area contributed by atoms with Gasteiger partial charge >= 0.3 is 5.97 Å². The highest BCUT2D eigenvalue weighted by Crippen LogP contribution is 2.83. The van der Waals surface area contributed by atoms with E-state index in [9.17, 15) is 4.79 Å². The van der Waals surface area contributed by atoms with Crippen molar-refractivity contribution in [3.8, 4) is 0 Å². The van der Waals surface area contributed by atoms with Gasteiger partial charge in [-0.1, -0.05) is 13.2 Å². The average molecular weight is 274 g/mol. The summed E-state index contributed by atoms with van der Waals surface area (Å²) in [5.74, 6) is 2.88. The van der Waals surface area contributed by atoms with Gasteiger partial charge in [-0.3, -0.25) is 0 Å². The molecule has 3 nitrogen and oxygen atoms in total. The highest BCUT2D eigenvalue weighted by Gasteiger charge is 2.82. The molecule has 2 bridgehead atoms. The topological polar surface area (TPSA) is 35.5 Å². The summed E-state index contributed by atoms with van der Waals surface area (Å²) in [6, 6.07) is 0. The summed E-state index contributed by atoms with van der Waals surface area (Å²) in [5.41, 5.74) is 0.923. The van der Waals surface area contributed by atoms with Crippen LogP contribution < -0.4 is 0 Å². The van der Waals surface area contributed by atoms with Crippen LogP contribution in [0.15, 0.2) is 24.5 Å². The van der Waals surface area contributed by atoms with E-state index in [1.807, 2.05) is 0 Å². The maximum atomic E-state index is 11.4. The number of carbonyl (C=O) groups is 1. The fourth-order valence-electron chi connectivity index (χ4n) is 5.84. The lowest BCUT2D eigenvalue weighted by Gasteiger charge is -2.71. The Labute approximate surface area is 120 Å². The van der Waals surface area contributed by atoms with Gasteiger partial charge in [-0.25, -0.2) is 4.79 Å². The normalized spacial score (nSPS) is 46.0. The largest absolute Gasteiger partial charge is 0.488 e. The van der Waals surface area contributed by atoms with Crippen LogP contribution in [0, 0.1) is 23.2 Å². The van der Waals surface area contributed by atoms with Crippen molar-refractivity contribution < 1.29 is 14.3 Å². The second-order valence-corrected chi connectivity index (χ2v) is 7.38. The molecular weight excluding hydrogens is 252 g/mol. The number of fused-ring (bicyclic) bond motifs is 1. The van der Waals surface area contributed by atoms with Crippen LogP contribution in [0.25, 0.3) is 0 Å². The molecule has 0 amide bonds. The standard InChI is InChI=1S/C17H22O3/c1-10(2)15(18)19-9-11(3)20-16-6-12-4-13-5-14(8-16)17(13,16)7-12/h12-14H,1,3-9H2,2H3. The molecule has 3 heteroatoms. The molecule has 4 aliphatic carbocycles. The lowest BCUT2D eigenvalue weighted by atomic mass is 9.36. The molecule has 0 aliphatic heterocycles. The van der Waals surface area contributed by atoms with Crippen LogP contribution in [-0.2, 0) is 14.3 Å². The molecule has 4 fully saturated rings. The second kappa shape index (κ2) is 3.69. The first-order valence-electron chi connectivity index (χ1n) is 7.66. The zero-order valence-electron chi connectivity index (χ0n) is 12.1. The first kappa shape index (κ1) is 12.5. The predicted molar refractivity (Wildman–Crippen MR) is 74.7 cm³/mol. The zero-order valence-corrected chi connectivity index (χ0v) is 12.1. The third-order valence-corrected chi connectivity index (χ3v) is 6.37. The van der Waals surface area contributed by atoms with E-state index >= 15 is 0 Å². The molecule has 5 atom stereocenters. The molecule has 0 aromatic heterocycles. The molecule has 1 spiro atoms. The number of hydrogen-bond acceptors (Lipinski definition) is 3. The molecular formula is C17H22O3. The molecule has 20 heavy (non-hydrogen) atoms. The van der Waals surface area contributed by atoms with Crippen LogP contribution in [0.4, 0.5) is 0 Å². The smallest absolute Gasteiger partial charge is 0.333 e. The summed E-state index contributed by atoms with van der Waals surface area (Å²) in [6.45, 7) is 9.33. The van der Waals surface area contributed by atoms with E-state index in [0.29, 0.717) is 16.7 Å². The summed E-state index contributed by atoms with van der Waals surface area (Å²) in [7, 11) is 0. The van der Waals surface area contributed by atoms with Crippen LogP contribution in [0.1, 0.15) is 39.0 Å². The fraction of sp³-hybridized carbons (Fsp3) is 0.706. The molecule has 0 N–H and O–H groups in total. The lowest BCUT2D eigenvalue weighted by Crippen LogP contribution is -2.71. The Morgan fingerprint density at radius 2 is 2.00 bits per heavy atom. The third-order valence-electron chi connectivity index (χ3n) is 6.37. The first-order chi connectivity index (χ1) is 9.47. The number of hydrogen-bond donors (Lipinski definition) is 0. The van der Waals surface area contributed by atoms with E-state index < -0.39 is 0 Å². The van der Waals surface area contributed by atoms with Crippen LogP contribution in [0.3, 0.4) is 0 Å². The minimum Gasteiger partial charge on any atom is -0.488 e. The van der Waals surface area contributed by atoms with Crippen molar-refractivity contribution in [3.63, 3.8) is 0 Å². The maximum absolute atomic E-state index is 11.4. The van der Waals surface area contributed by atoms with E-state index in [1.165, 1.54) is 32.1 Å². The number of rotatable bonds is 5. The Morgan fingerprint density at radius 1 is 1.20 bits per heavy atom. The first-order valence-corrected chi connectivity index (χ1v) is 7.66. The van der Waals surface area contributed by atoms with Crippen molar-refractivity contribution >= 4 is 5.97 Å². The van der Waals surface area contributed by atoms with Gasteiger partial charge in [0.25, 0.3) is 0 Å². The van der Waals surface area contributed by atoms with Gasteiger partial charge in [0, 0.05) is 11.0 Å². The Bertz CT molecular complexity index is 522. The zero-order chi connectivity index (χ0) is 14.1. The Balaban J connectivity index is 1.40. The van der Waals surface area contributed by atoms with Crippen LogP contribution in [-0.4, -0.2) is 18.2 Å². The SMILES string of the molecule is C=C(COC(=O)C(=C)C)OC12CC3CC4CC(C1)C42C3. The second-order valence-electron chi connectivity index (χ2n) is 7.38. The number of carbonyl (C=O) groups excluding carboxylic acids is 1. The van der Waals surface area contributed by atoms with Gasteiger partial charge in [0.2, 0.25) is 0 Å². The van der Waals surface area contributed by atoms with Gasteiger partial charge in [-0.2, -0.15) is 0 Å². The van der Waals surface area contributed by atoms with Gasteiger partial charge in [0.15, 0.2) is 0 Å². The molecule has 0 radical (unpaired) electrons. The van der Waals surface area contributed by atoms with Gasteiger partial charge < -0.3 is 9.47 Å². The molecule has 0 aromatic carbocycles. The average Bonchev–Trinajstić information content (AvgIpc) is 2.83. The van der Waals surface area contributed by atoms with Crippen molar-refractivity contribution in [1.82, 2.24) is 0 Å². The van der Waals surface area contributed by atoms with Gasteiger partial charge in [0.05, 0.1) is 0 Å². The summed E-state index contributed by atoms with van der Waals surface area (Å²) in [5, 5.41) is 0. The Kier molecular flexibility index (Phi) is 2.30. The molecule has 108 valence electrons. The molecule has 4 aliphatic rings. The lowest BCUT2D eigenvalue weighted by molar-refractivity contribution is -0.292. The molecule has 0 heterocycles. The quantitative estimate of drug-likeness (QED) is 0.439. The van der Waals surface area contributed by atoms with E-state index in [-0.39, 0.29) is 18.2 Å². The maximum Gasteiger partial charge on any atom is 0.333 e. The van der Waals surface area contributed by atoms with Gasteiger partial charge in [-0.05, 0) is 56.8 Å². The fourth-order valence-corrected chi connectivity index (χ4v) is 5.84. The van der Waals surface area contributed by atoms with E-state index in [4.69, 9.17) is 9.47 Å². The summed E-state index contributed by atoms with van der Waals surface area (Å²) in [4.78, 5) is 11.4. The van der Waals surface area contributed by atoms with Crippen molar-refractivity contribution in [3.05, 3.63) is 24.5 Å². The molecule has 4 rings (SSSR count). The van der Waals surface area contributed by atoms with E-state index in [2.05, 4.69) is 13.2 Å².